The summed E-state index contributed by atoms with van der Waals surface area (Å²) < 4.78 is 1.65. The van der Waals surface area contributed by atoms with Crippen molar-refractivity contribution in [2.45, 2.75) is 38.8 Å². The number of rotatable bonds is 4. The maximum absolute atomic E-state index is 13.0. The molecule has 0 saturated heterocycles. The number of carboxylic acid groups (broad SMARTS) is 1. The summed E-state index contributed by atoms with van der Waals surface area (Å²) >= 11 is 0. The highest BCUT2D eigenvalue weighted by atomic mass is 16.4. The Morgan fingerprint density at radius 1 is 1.30 bits per heavy atom. The SMILES string of the molecule is CCC(O)(CC(=O)O)c1cc2n(c(=O)c1C)Cc1cc3ccccc3nc1-2. The summed E-state index contributed by atoms with van der Waals surface area (Å²) in [6.07, 6.45) is -0.258. The lowest BCUT2D eigenvalue weighted by Crippen LogP contribution is -2.33. The summed E-state index contributed by atoms with van der Waals surface area (Å²) in [5.74, 6) is -1.11. The van der Waals surface area contributed by atoms with Crippen LogP contribution < -0.4 is 5.56 Å². The van der Waals surface area contributed by atoms with Crippen LogP contribution in [-0.2, 0) is 16.9 Å². The molecule has 27 heavy (non-hydrogen) atoms. The van der Waals surface area contributed by atoms with Gasteiger partial charge >= 0.3 is 5.97 Å². The van der Waals surface area contributed by atoms with Crippen molar-refractivity contribution in [2.24, 2.45) is 0 Å². The number of carboxylic acids is 1. The van der Waals surface area contributed by atoms with Crippen LogP contribution in [0.3, 0.4) is 0 Å². The van der Waals surface area contributed by atoms with Gasteiger partial charge in [0.15, 0.2) is 0 Å². The third-order valence-electron chi connectivity index (χ3n) is 5.45. The number of hydrogen-bond acceptors (Lipinski definition) is 4. The Balaban J connectivity index is 1.97. The molecule has 0 radical (unpaired) electrons. The fourth-order valence-electron chi connectivity index (χ4n) is 3.92. The first-order valence-electron chi connectivity index (χ1n) is 8.92. The predicted octanol–water partition coefficient (Wildman–Crippen LogP) is 2.81. The smallest absolute Gasteiger partial charge is 0.306 e. The highest BCUT2D eigenvalue weighted by Gasteiger charge is 2.35. The van der Waals surface area contributed by atoms with Crippen molar-refractivity contribution in [1.82, 2.24) is 9.55 Å². The second-order valence-corrected chi connectivity index (χ2v) is 7.10. The minimum absolute atomic E-state index is 0.195. The maximum atomic E-state index is 13.0. The molecule has 0 aliphatic carbocycles. The standard InChI is InChI=1S/C21H20N2O4/c1-3-21(27,10-18(24)25)15-9-17-19-14(11-23(17)20(26)12(15)2)8-13-6-4-5-7-16(13)22-19/h4-9,27H,3,10-11H2,1-2H3,(H,24,25). The summed E-state index contributed by atoms with van der Waals surface area (Å²) in [6, 6.07) is 11.5. The monoisotopic (exact) mass is 364 g/mol. The summed E-state index contributed by atoms with van der Waals surface area (Å²) in [7, 11) is 0. The lowest BCUT2D eigenvalue weighted by atomic mass is 9.85. The maximum Gasteiger partial charge on any atom is 0.306 e. The Labute approximate surface area is 155 Å². The van der Waals surface area contributed by atoms with Crippen LogP contribution in [0.1, 0.15) is 36.5 Å². The number of aliphatic hydroxyl groups is 1. The van der Waals surface area contributed by atoms with Crippen LogP contribution in [0.5, 0.6) is 0 Å². The van der Waals surface area contributed by atoms with Crippen molar-refractivity contribution in [1.29, 1.82) is 0 Å². The molecule has 4 rings (SSSR count). The van der Waals surface area contributed by atoms with Gasteiger partial charge in [-0.25, -0.2) is 4.98 Å². The molecule has 0 bridgehead atoms. The fourth-order valence-corrected chi connectivity index (χ4v) is 3.92. The van der Waals surface area contributed by atoms with Crippen LogP contribution in [0.25, 0.3) is 22.3 Å². The van der Waals surface area contributed by atoms with Gasteiger partial charge in [-0.15, -0.1) is 0 Å². The molecule has 2 N–H and O–H groups in total. The fraction of sp³-hybridized carbons (Fsp3) is 0.286. The molecule has 3 heterocycles. The average Bonchev–Trinajstić information content (AvgIpc) is 2.99. The van der Waals surface area contributed by atoms with E-state index in [-0.39, 0.29) is 12.0 Å². The molecular weight excluding hydrogens is 344 g/mol. The molecule has 1 aliphatic heterocycles. The molecule has 3 aromatic rings. The van der Waals surface area contributed by atoms with Crippen molar-refractivity contribution in [3.8, 4) is 11.4 Å². The van der Waals surface area contributed by atoms with Crippen molar-refractivity contribution < 1.29 is 15.0 Å². The van der Waals surface area contributed by atoms with E-state index in [0.717, 1.165) is 16.5 Å². The average molecular weight is 364 g/mol. The Kier molecular flexibility index (Phi) is 3.89. The van der Waals surface area contributed by atoms with Crippen molar-refractivity contribution in [3.63, 3.8) is 0 Å². The molecule has 6 nitrogen and oxygen atoms in total. The quantitative estimate of drug-likeness (QED) is 0.581. The number of fused-ring (bicyclic) bond motifs is 4. The van der Waals surface area contributed by atoms with Crippen LogP contribution in [0.15, 0.2) is 41.2 Å². The van der Waals surface area contributed by atoms with Crippen LogP contribution in [0.4, 0.5) is 0 Å². The zero-order valence-electron chi connectivity index (χ0n) is 15.2. The van der Waals surface area contributed by atoms with Gasteiger partial charge in [-0.1, -0.05) is 25.1 Å². The van der Waals surface area contributed by atoms with E-state index in [4.69, 9.17) is 4.98 Å². The lowest BCUT2D eigenvalue weighted by Gasteiger charge is -2.27. The molecule has 1 aliphatic rings. The zero-order chi connectivity index (χ0) is 19.3. The third kappa shape index (κ3) is 2.64. The molecule has 1 unspecified atom stereocenters. The van der Waals surface area contributed by atoms with E-state index in [1.807, 2.05) is 30.3 Å². The second kappa shape index (κ2) is 6.03. The first-order chi connectivity index (χ1) is 12.8. The number of nitrogens with zero attached hydrogens (tertiary/aromatic N) is 2. The Hall–Kier alpha value is -2.99. The van der Waals surface area contributed by atoms with Crippen LogP contribution in [-0.4, -0.2) is 25.7 Å². The lowest BCUT2D eigenvalue weighted by molar-refractivity contribution is -0.143. The third-order valence-corrected chi connectivity index (χ3v) is 5.45. The summed E-state index contributed by atoms with van der Waals surface area (Å²) in [5, 5.41) is 21.2. The minimum atomic E-state index is -1.59. The first kappa shape index (κ1) is 17.4. The number of carbonyl (C=O) groups is 1. The van der Waals surface area contributed by atoms with E-state index < -0.39 is 18.0 Å². The Bertz CT molecular complexity index is 1150. The number of aromatic nitrogens is 2. The van der Waals surface area contributed by atoms with Crippen LogP contribution in [0, 0.1) is 6.92 Å². The summed E-state index contributed by atoms with van der Waals surface area (Å²) in [5.41, 5.74) is 2.04. The molecule has 6 heteroatoms. The van der Waals surface area contributed by atoms with Gasteiger partial charge < -0.3 is 14.8 Å². The first-order valence-corrected chi connectivity index (χ1v) is 8.92. The Morgan fingerprint density at radius 2 is 2.04 bits per heavy atom. The highest BCUT2D eigenvalue weighted by Crippen LogP contribution is 2.37. The van der Waals surface area contributed by atoms with Gasteiger partial charge in [-0.3, -0.25) is 9.59 Å². The summed E-state index contributed by atoms with van der Waals surface area (Å²) in [6.45, 7) is 3.78. The normalized spacial score (nSPS) is 14.6. The summed E-state index contributed by atoms with van der Waals surface area (Å²) in [4.78, 5) is 29.0. The van der Waals surface area contributed by atoms with Gasteiger partial charge in [0.05, 0.1) is 29.9 Å². The van der Waals surface area contributed by atoms with Gasteiger partial charge in [0, 0.05) is 16.5 Å². The van der Waals surface area contributed by atoms with E-state index in [1.54, 1.807) is 24.5 Å². The molecule has 0 fully saturated rings. The topological polar surface area (TPSA) is 92.4 Å². The molecule has 2 aromatic heterocycles. The number of hydrogen-bond donors (Lipinski definition) is 2. The molecule has 1 aromatic carbocycles. The van der Waals surface area contributed by atoms with Crippen molar-refractivity contribution >= 4 is 16.9 Å². The van der Waals surface area contributed by atoms with E-state index in [9.17, 15) is 19.8 Å². The number of pyridine rings is 2. The van der Waals surface area contributed by atoms with Gasteiger partial charge in [-0.2, -0.15) is 0 Å². The van der Waals surface area contributed by atoms with E-state index in [2.05, 4.69) is 0 Å². The van der Waals surface area contributed by atoms with Crippen molar-refractivity contribution in [3.05, 3.63) is 63.4 Å². The zero-order valence-corrected chi connectivity index (χ0v) is 15.2. The van der Waals surface area contributed by atoms with E-state index in [1.165, 1.54) is 0 Å². The van der Waals surface area contributed by atoms with E-state index in [0.29, 0.717) is 29.1 Å². The largest absolute Gasteiger partial charge is 0.481 e. The molecule has 1 atom stereocenters. The molecular formula is C21H20N2O4. The second-order valence-electron chi connectivity index (χ2n) is 7.10. The molecule has 0 spiro atoms. The highest BCUT2D eigenvalue weighted by molar-refractivity contribution is 5.84. The molecule has 0 saturated carbocycles. The van der Waals surface area contributed by atoms with Gasteiger partial charge in [-0.05, 0) is 37.1 Å². The number of benzene rings is 1. The van der Waals surface area contributed by atoms with Gasteiger partial charge in [0.2, 0.25) is 0 Å². The van der Waals surface area contributed by atoms with Crippen LogP contribution >= 0.6 is 0 Å². The van der Waals surface area contributed by atoms with Crippen molar-refractivity contribution in [2.75, 3.05) is 0 Å². The minimum Gasteiger partial charge on any atom is -0.481 e. The van der Waals surface area contributed by atoms with E-state index >= 15 is 0 Å². The van der Waals surface area contributed by atoms with Gasteiger partial charge in [0.25, 0.3) is 5.56 Å². The number of para-hydroxylation sites is 1. The number of aliphatic carboxylic acids is 1. The Morgan fingerprint density at radius 3 is 2.74 bits per heavy atom. The predicted molar refractivity (Wildman–Crippen MR) is 102 cm³/mol. The van der Waals surface area contributed by atoms with Crippen LogP contribution in [0.2, 0.25) is 0 Å². The molecule has 138 valence electrons. The van der Waals surface area contributed by atoms with Gasteiger partial charge in [0.1, 0.15) is 5.60 Å². The molecule has 0 amide bonds.